The van der Waals surface area contributed by atoms with Crippen LogP contribution in [-0.2, 0) is 23.4 Å². The molecule has 4 atom stereocenters. The van der Waals surface area contributed by atoms with Crippen molar-refractivity contribution < 1.29 is 42.7 Å². The third-order valence-corrected chi connectivity index (χ3v) is 14.5. The fourth-order valence-electron chi connectivity index (χ4n) is 4.53. The number of aliphatic hydroxyl groups excluding tert-OH is 1. The van der Waals surface area contributed by atoms with Crippen LogP contribution in [0, 0.1) is 5.92 Å². The lowest BCUT2D eigenvalue weighted by molar-refractivity contribution is -0.152. The molecule has 0 amide bonds. The summed E-state index contributed by atoms with van der Waals surface area (Å²) in [5.74, 6) is -0.374. The molecule has 1 heterocycles. The molecule has 11 heteroatoms. The average Bonchev–Trinajstić information content (AvgIpc) is 3.25. The number of carbonyl (C=O) groups excluding carboxylic acids is 1. The van der Waals surface area contributed by atoms with Gasteiger partial charge in [0, 0.05) is 27.9 Å². The van der Waals surface area contributed by atoms with Gasteiger partial charge in [0.2, 0.25) is 0 Å². The zero-order valence-electron chi connectivity index (χ0n) is 30.5. The van der Waals surface area contributed by atoms with E-state index in [0.29, 0.717) is 42.3 Å². The fraction of sp³-hybridized carbons (Fsp3) is 0.686. The van der Waals surface area contributed by atoms with Crippen LogP contribution < -0.4 is 9.47 Å². The zero-order valence-corrected chi connectivity index (χ0v) is 32.5. The normalized spacial score (nSPS) is 20.3. The summed E-state index contributed by atoms with van der Waals surface area (Å²) in [5, 5.41) is 11.3. The van der Waals surface area contributed by atoms with Gasteiger partial charge in [0.1, 0.15) is 29.3 Å². The molecule has 1 aliphatic rings. The number of hydrogen-bond donors (Lipinski definition) is 1. The van der Waals surface area contributed by atoms with Gasteiger partial charge in [-0.3, -0.25) is 0 Å². The van der Waals surface area contributed by atoms with E-state index in [1.807, 2.05) is 32.1 Å². The Bertz CT molecular complexity index is 1180. The van der Waals surface area contributed by atoms with Gasteiger partial charge < -0.3 is 38.0 Å². The van der Waals surface area contributed by atoms with Gasteiger partial charge in [-0.15, -0.1) is 0 Å². The van der Waals surface area contributed by atoms with Gasteiger partial charge in [-0.1, -0.05) is 71.6 Å². The maximum Gasteiger partial charge on any atom is 0.342 e. The molecule has 0 radical (unpaired) electrons. The van der Waals surface area contributed by atoms with Crippen LogP contribution in [0.5, 0.6) is 11.5 Å². The monoisotopic (exact) mass is 680 g/mol. The minimum Gasteiger partial charge on any atom is -0.497 e. The van der Waals surface area contributed by atoms with Gasteiger partial charge >= 0.3 is 5.97 Å². The lowest BCUT2D eigenvalue weighted by Crippen LogP contribution is -2.41. The van der Waals surface area contributed by atoms with Gasteiger partial charge in [0.15, 0.2) is 20.9 Å². The Morgan fingerprint density at radius 3 is 2.35 bits per heavy atom. The summed E-state index contributed by atoms with van der Waals surface area (Å²) in [7, 11) is -0.193. The van der Waals surface area contributed by atoms with Crippen LogP contribution in [-0.4, -0.2) is 85.8 Å². The van der Waals surface area contributed by atoms with Crippen molar-refractivity contribution in [2.45, 2.75) is 116 Å². The van der Waals surface area contributed by atoms with Crippen molar-refractivity contribution in [2.24, 2.45) is 5.92 Å². The first kappa shape index (κ1) is 40.2. The molecular weight excluding hydrogens is 621 g/mol. The molecule has 0 saturated carbocycles. The highest BCUT2D eigenvalue weighted by Gasteiger charge is 2.43. The molecule has 9 nitrogen and oxygen atoms in total. The van der Waals surface area contributed by atoms with Crippen molar-refractivity contribution in [1.82, 2.24) is 0 Å². The van der Waals surface area contributed by atoms with E-state index < -0.39 is 46.5 Å². The standard InChI is InChI=1S/C35H60O9Si2/c1-25(23-42-46(12,13)34(2,3)4)17-18-28(36)32-29(43-35(5,6)44-32)16-14-15-26-21-27(39-8)22-30(41-24-38-7)31(26)33(37)40-19-20-45(9,10)11/h14-15,17-18,21-22,25,28-29,32,36H,16,19-20,23-24H2,1-13H3/t25-,28?,29?,32?/m1/s1. The Morgan fingerprint density at radius 1 is 1.09 bits per heavy atom. The van der Waals surface area contributed by atoms with Gasteiger partial charge in [0.05, 0.1) is 19.8 Å². The van der Waals surface area contributed by atoms with Crippen LogP contribution in [0.2, 0.25) is 43.8 Å². The molecule has 1 N–H and O–H groups in total. The van der Waals surface area contributed by atoms with E-state index in [9.17, 15) is 9.90 Å². The number of rotatable bonds is 17. The summed E-state index contributed by atoms with van der Waals surface area (Å²) in [6.07, 6.45) is 6.04. The Balaban J connectivity index is 2.24. The van der Waals surface area contributed by atoms with Gasteiger partial charge in [-0.25, -0.2) is 4.79 Å². The first-order valence-electron chi connectivity index (χ1n) is 16.2. The summed E-state index contributed by atoms with van der Waals surface area (Å²) < 4.78 is 40.8. The maximum atomic E-state index is 13.4. The zero-order chi connectivity index (χ0) is 34.9. The quantitative estimate of drug-likeness (QED) is 0.0769. The first-order chi connectivity index (χ1) is 21.2. The Hall–Kier alpha value is -2.00. The van der Waals surface area contributed by atoms with Crippen molar-refractivity contribution in [3.05, 3.63) is 41.5 Å². The summed E-state index contributed by atoms with van der Waals surface area (Å²) in [6, 6.07) is 4.27. The van der Waals surface area contributed by atoms with Crippen molar-refractivity contribution in [2.75, 3.05) is 34.2 Å². The second-order valence-corrected chi connectivity index (χ2v) is 25.7. The minimum absolute atomic E-state index is 0.0397. The lowest BCUT2D eigenvalue weighted by atomic mass is 10.0. The van der Waals surface area contributed by atoms with Crippen LogP contribution in [0.1, 0.15) is 63.9 Å². The van der Waals surface area contributed by atoms with Gasteiger partial charge in [0.25, 0.3) is 0 Å². The molecule has 0 aliphatic carbocycles. The molecule has 1 aliphatic heterocycles. The second-order valence-electron chi connectivity index (χ2n) is 15.3. The van der Waals surface area contributed by atoms with Crippen LogP contribution in [0.15, 0.2) is 30.4 Å². The molecule has 1 aromatic rings. The highest BCUT2D eigenvalue weighted by Crippen LogP contribution is 2.37. The highest BCUT2D eigenvalue weighted by molar-refractivity contribution is 6.76. The van der Waals surface area contributed by atoms with Crippen molar-refractivity contribution in [3.63, 3.8) is 0 Å². The summed E-state index contributed by atoms with van der Waals surface area (Å²) >= 11 is 0. The second kappa shape index (κ2) is 16.9. The molecule has 0 spiro atoms. The van der Waals surface area contributed by atoms with Gasteiger partial charge in [-0.2, -0.15) is 0 Å². The SMILES string of the molecule is COCOc1cc(OC)cc(C=CCC2OC(C)(C)OC2C(O)C=C[C@@H](C)CO[Si](C)(C)C(C)(C)C)c1C(=O)OCC[Si](C)(C)C. The summed E-state index contributed by atoms with van der Waals surface area (Å²) in [5.41, 5.74) is 0.871. The molecule has 3 unspecified atom stereocenters. The van der Waals surface area contributed by atoms with Crippen molar-refractivity contribution in [1.29, 1.82) is 0 Å². The first-order valence-corrected chi connectivity index (χ1v) is 22.8. The smallest absolute Gasteiger partial charge is 0.342 e. The van der Waals surface area contributed by atoms with Crippen LogP contribution in [0.3, 0.4) is 0 Å². The Kier molecular flexibility index (Phi) is 14.8. The number of carbonyl (C=O) groups is 1. The molecule has 1 fully saturated rings. The van der Waals surface area contributed by atoms with Crippen molar-refractivity contribution >= 4 is 28.4 Å². The average molecular weight is 681 g/mol. The molecule has 0 aromatic heterocycles. The van der Waals surface area contributed by atoms with E-state index in [-0.39, 0.29) is 17.7 Å². The number of hydrogen-bond acceptors (Lipinski definition) is 9. The van der Waals surface area contributed by atoms with Crippen LogP contribution >= 0.6 is 0 Å². The molecular formula is C35H60O9Si2. The maximum absolute atomic E-state index is 13.4. The molecule has 0 bridgehead atoms. The summed E-state index contributed by atoms with van der Waals surface area (Å²) in [6.45, 7) is 24.5. The topological polar surface area (TPSA) is 102 Å². The molecule has 46 heavy (non-hydrogen) atoms. The highest BCUT2D eigenvalue weighted by atomic mass is 28.4. The van der Waals surface area contributed by atoms with Crippen LogP contribution in [0.25, 0.3) is 6.08 Å². The number of benzene rings is 1. The van der Waals surface area contributed by atoms with E-state index in [1.165, 1.54) is 7.11 Å². The van der Waals surface area contributed by atoms with E-state index in [1.54, 1.807) is 25.3 Å². The number of aliphatic hydroxyl groups is 1. The largest absolute Gasteiger partial charge is 0.497 e. The summed E-state index contributed by atoms with van der Waals surface area (Å²) in [4.78, 5) is 13.4. The minimum atomic E-state index is -1.86. The fourth-order valence-corrected chi connectivity index (χ4v) is 6.35. The predicted octanol–water partition coefficient (Wildman–Crippen LogP) is 7.67. The molecule has 2 rings (SSSR count). The Labute approximate surface area is 279 Å². The van der Waals surface area contributed by atoms with E-state index in [2.05, 4.69) is 60.4 Å². The third-order valence-electron chi connectivity index (χ3n) is 8.34. The van der Waals surface area contributed by atoms with Crippen molar-refractivity contribution in [3.8, 4) is 11.5 Å². The molecule has 1 saturated heterocycles. The van der Waals surface area contributed by atoms with Gasteiger partial charge in [-0.05, 0) is 62.0 Å². The van der Waals surface area contributed by atoms with Crippen LogP contribution in [0.4, 0.5) is 0 Å². The number of ether oxygens (including phenoxy) is 6. The molecule has 1 aromatic carbocycles. The van der Waals surface area contributed by atoms with E-state index in [0.717, 1.165) is 6.04 Å². The lowest BCUT2D eigenvalue weighted by Gasteiger charge is -2.36. The third kappa shape index (κ3) is 12.6. The predicted molar refractivity (Wildman–Crippen MR) is 189 cm³/mol. The number of esters is 1. The van der Waals surface area contributed by atoms with E-state index >= 15 is 0 Å². The van der Waals surface area contributed by atoms with E-state index in [4.69, 9.17) is 32.8 Å². The number of methoxy groups -OCH3 is 2. The Morgan fingerprint density at radius 2 is 1.76 bits per heavy atom. The molecule has 262 valence electrons.